The number of hydrogen-bond donors (Lipinski definition) is 0. The van der Waals surface area contributed by atoms with Crippen LogP contribution in [0.4, 0.5) is 74.6 Å². The predicted octanol–water partition coefficient (Wildman–Crippen LogP) is 5.51. The molecule has 20 heteroatoms. The van der Waals surface area contributed by atoms with E-state index in [-0.39, 0.29) is 7.11 Å². The summed E-state index contributed by atoms with van der Waals surface area (Å²) >= 11 is 0. The van der Waals surface area contributed by atoms with Gasteiger partial charge in [0, 0.05) is 7.11 Å². The summed E-state index contributed by atoms with van der Waals surface area (Å²) in [5, 5.41) is 0. The van der Waals surface area contributed by atoms with E-state index in [1.54, 1.807) is 0 Å². The minimum Gasteiger partial charge on any atom is -0.378 e. The van der Waals surface area contributed by atoms with Crippen LogP contribution < -0.4 is 0 Å². The lowest BCUT2D eigenvalue weighted by Gasteiger charge is -2.40. The first kappa shape index (κ1) is 28.7. The average molecular weight is 496 g/mol. The summed E-state index contributed by atoms with van der Waals surface area (Å²) in [4.78, 5) is 0. The van der Waals surface area contributed by atoms with Gasteiger partial charge in [0.05, 0.1) is 0 Å². The minimum absolute atomic E-state index is 0.0998. The molecule has 0 fully saturated rings. The van der Waals surface area contributed by atoms with Gasteiger partial charge in [-0.1, -0.05) is 0 Å². The molecule has 0 saturated carbocycles. The van der Waals surface area contributed by atoms with Crippen LogP contribution in [0.5, 0.6) is 0 Å². The van der Waals surface area contributed by atoms with E-state index in [1.807, 2.05) is 4.74 Å². The van der Waals surface area contributed by atoms with Crippen molar-refractivity contribution in [2.75, 3.05) is 13.7 Å². The third kappa shape index (κ3) is 4.94. The molecule has 2 unspecified atom stereocenters. The van der Waals surface area contributed by atoms with E-state index in [9.17, 15) is 74.6 Å². The lowest BCUT2D eigenvalue weighted by molar-refractivity contribution is -0.553. The molecule has 182 valence electrons. The molecule has 0 radical (unpaired) electrons. The largest absolute Gasteiger partial charge is 0.462 e. The summed E-state index contributed by atoms with van der Waals surface area (Å²) in [5.41, 5.74) is 0. The van der Waals surface area contributed by atoms with Crippen molar-refractivity contribution >= 4 is 0 Å². The predicted molar refractivity (Wildman–Crippen MR) is 54.7 cm³/mol. The fourth-order valence-electron chi connectivity index (χ4n) is 1.31. The van der Waals surface area contributed by atoms with E-state index in [2.05, 4.69) is 4.74 Å². The fourth-order valence-corrected chi connectivity index (χ4v) is 1.31. The lowest BCUT2D eigenvalue weighted by atomic mass is 10.2. The van der Waals surface area contributed by atoms with Gasteiger partial charge < -0.3 is 4.74 Å². The highest BCUT2D eigenvalue weighted by atomic mass is 19.4. The molecule has 0 aliphatic heterocycles. The monoisotopic (exact) mass is 496 g/mol. The fraction of sp³-hybridized carbons (Fsp3) is 1.00. The van der Waals surface area contributed by atoms with Crippen LogP contribution in [0.3, 0.4) is 0 Å². The van der Waals surface area contributed by atoms with Crippen LogP contribution in [-0.2, 0) is 14.2 Å². The number of rotatable bonds is 8. The van der Waals surface area contributed by atoms with Crippen LogP contribution in [0.2, 0.25) is 0 Å². The Bertz CT molecular complexity index is 592. The first-order valence-electron chi connectivity index (χ1n) is 6.33. The molecule has 0 bridgehead atoms. The maximum Gasteiger partial charge on any atom is 0.462 e. The second kappa shape index (κ2) is 7.68. The molecule has 30 heavy (non-hydrogen) atoms. The van der Waals surface area contributed by atoms with Crippen LogP contribution in [0.1, 0.15) is 0 Å². The third-order valence-corrected chi connectivity index (χ3v) is 2.77. The van der Waals surface area contributed by atoms with Gasteiger partial charge in [-0.2, -0.15) is 74.6 Å². The van der Waals surface area contributed by atoms with Crippen LogP contribution in [0, 0.1) is 0 Å². The Labute approximate surface area is 152 Å². The van der Waals surface area contributed by atoms with E-state index in [0.717, 1.165) is 0 Å². The molecule has 0 saturated heterocycles. The van der Waals surface area contributed by atoms with Gasteiger partial charge in [0.25, 0.3) is 0 Å². The second-order valence-corrected chi connectivity index (χ2v) is 5.06. The molecule has 0 aromatic rings. The van der Waals surface area contributed by atoms with Gasteiger partial charge in [-0.25, -0.2) is 0 Å². The van der Waals surface area contributed by atoms with Crippen molar-refractivity contribution in [2.45, 2.75) is 48.4 Å². The van der Waals surface area contributed by atoms with Gasteiger partial charge in [-0.3, -0.25) is 9.47 Å². The molecular weight excluding hydrogens is 491 g/mol. The number of hydrogen-bond acceptors (Lipinski definition) is 3. The lowest BCUT2D eigenvalue weighted by Crippen LogP contribution is -2.67. The molecule has 0 spiro atoms. The number of ether oxygens (including phenoxy) is 3. The van der Waals surface area contributed by atoms with Gasteiger partial charge in [0.15, 0.2) is 0 Å². The first-order chi connectivity index (χ1) is 12.7. The van der Waals surface area contributed by atoms with E-state index >= 15 is 0 Å². The van der Waals surface area contributed by atoms with Crippen molar-refractivity contribution in [3.63, 3.8) is 0 Å². The SMILES string of the molecule is COCC(F)(OC(F)(F)C(F)(OC(F)(F)C(F)(F)C(F)(F)F)C(F)(F)F)C(F)(F)F. The Morgan fingerprint density at radius 3 is 1.17 bits per heavy atom. The quantitative estimate of drug-likeness (QED) is 0.416. The molecule has 0 N–H and O–H groups in total. The summed E-state index contributed by atoms with van der Waals surface area (Å²) in [7, 11) is 0.0998. The van der Waals surface area contributed by atoms with Crippen LogP contribution in [0.25, 0.3) is 0 Å². The smallest absolute Gasteiger partial charge is 0.378 e. The Morgan fingerprint density at radius 1 is 0.500 bits per heavy atom. The van der Waals surface area contributed by atoms with Gasteiger partial charge in [0.2, 0.25) is 0 Å². The van der Waals surface area contributed by atoms with Crippen molar-refractivity contribution in [1.82, 2.24) is 0 Å². The van der Waals surface area contributed by atoms with Crippen molar-refractivity contribution in [3.05, 3.63) is 0 Å². The normalized spacial score (nSPS) is 19.4. The molecular formula is C10H5F17O3. The number of methoxy groups -OCH3 is 1. The molecule has 0 amide bonds. The minimum atomic E-state index is -7.87. The van der Waals surface area contributed by atoms with Gasteiger partial charge in [-0.05, 0) is 0 Å². The second-order valence-electron chi connectivity index (χ2n) is 5.06. The zero-order valence-electron chi connectivity index (χ0n) is 13.4. The summed E-state index contributed by atoms with van der Waals surface area (Å²) in [6.07, 6.45) is -37.6. The third-order valence-electron chi connectivity index (χ3n) is 2.77. The van der Waals surface area contributed by atoms with Crippen LogP contribution in [-0.4, -0.2) is 62.1 Å². The molecule has 0 aliphatic rings. The average Bonchev–Trinajstić information content (AvgIpc) is 2.42. The Balaban J connectivity index is 6.52. The Kier molecular flexibility index (Phi) is 7.34. The standard InChI is InChI=1S/C10H5F17O3/c1-28-2-3(11,6(15,16)17)29-10(26,27)5(14,8(21,22)23)30-9(24,25)4(12,13)7(18,19)20/h2H2,1H3. The van der Waals surface area contributed by atoms with Gasteiger partial charge in [-0.15, -0.1) is 0 Å². The summed E-state index contributed by atoms with van der Waals surface area (Å²) < 4.78 is 222. The van der Waals surface area contributed by atoms with Crippen LogP contribution in [0.15, 0.2) is 0 Å². The zero-order chi connectivity index (χ0) is 24.8. The molecule has 3 nitrogen and oxygen atoms in total. The maximum atomic E-state index is 13.7. The Morgan fingerprint density at radius 2 is 0.900 bits per heavy atom. The number of alkyl halides is 17. The van der Waals surface area contributed by atoms with E-state index in [0.29, 0.717) is 0 Å². The van der Waals surface area contributed by atoms with Crippen molar-refractivity contribution < 1.29 is 88.8 Å². The highest BCUT2D eigenvalue weighted by Gasteiger charge is 2.85. The number of halogens is 17. The highest BCUT2D eigenvalue weighted by Crippen LogP contribution is 2.56. The molecule has 2 atom stereocenters. The van der Waals surface area contributed by atoms with Gasteiger partial charge >= 0.3 is 48.4 Å². The molecule has 0 aromatic heterocycles. The molecule has 0 rings (SSSR count). The summed E-state index contributed by atoms with van der Waals surface area (Å²) in [6, 6.07) is 0. The summed E-state index contributed by atoms with van der Waals surface area (Å²) in [5.74, 6) is -21.8. The van der Waals surface area contributed by atoms with E-state index < -0.39 is 55.0 Å². The molecule has 0 aromatic carbocycles. The van der Waals surface area contributed by atoms with Crippen LogP contribution >= 0.6 is 0 Å². The van der Waals surface area contributed by atoms with Crippen molar-refractivity contribution in [2.24, 2.45) is 0 Å². The maximum absolute atomic E-state index is 13.7. The summed E-state index contributed by atoms with van der Waals surface area (Å²) in [6.45, 7) is -2.80. The highest BCUT2D eigenvalue weighted by molar-refractivity contribution is 4.94. The molecule has 0 aliphatic carbocycles. The molecule has 0 heterocycles. The van der Waals surface area contributed by atoms with E-state index in [4.69, 9.17) is 0 Å². The van der Waals surface area contributed by atoms with E-state index in [1.165, 1.54) is 4.74 Å². The van der Waals surface area contributed by atoms with Crippen molar-refractivity contribution in [3.8, 4) is 0 Å². The van der Waals surface area contributed by atoms with Crippen molar-refractivity contribution in [1.29, 1.82) is 0 Å². The first-order valence-corrected chi connectivity index (χ1v) is 6.33. The Hall–Kier alpha value is -1.31. The van der Waals surface area contributed by atoms with Gasteiger partial charge in [0.1, 0.15) is 6.61 Å². The topological polar surface area (TPSA) is 27.7 Å². The zero-order valence-corrected chi connectivity index (χ0v) is 13.4.